The van der Waals surface area contributed by atoms with Crippen LogP contribution in [0, 0.1) is 0 Å². The van der Waals surface area contributed by atoms with E-state index in [2.05, 4.69) is 33.9 Å². The second-order valence-electron chi connectivity index (χ2n) is 8.68. The van der Waals surface area contributed by atoms with E-state index in [9.17, 15) is 10.2 Å². The lowest BCUT2D eigenvalue weighted by molar-refractivity contribution is -0.276. The number of aliphatic hydroxyl groups is 2. The van der Waals surface area contributed by atoms with Crippen LogP contribution in [0.3, 0.4) is 0 Å². The third-order valence-electron chi connectivity index (χ3n) is 5.57. The monoisotopic (exact) mass is 374 g/mol. The molecule has 0 spiro atoms. The first-order chi connectivity index (χ1) is 11.4. The maximum atomic E-state index is 9.99. The molecule has 0 aromatic heterocycles. The summed E-state index contributed by atoms with van der Waals surface area (Å²) in [5.41, 5.74) is 0. The highest BCUT2D eigenvalue weighted by molar-refractivity contribution is 6.74. The summed E-state index contributed by atoms with van der Waals surface area (Å²) < 4.78 is 24.0. The Balaban J connectivity index is 2.09. The zero-order valence-corrected chi connectivity index (χ0v) is 17.4. The molecule has 2 rings (SSSR count). The number of hydrogen-bond acceptors (Lipinski definition) is 6. The molecule has 0 unspecified atom stereocenters. The molecule has 2 N–H and O–H groups in total. The minimum absolute atomic E-state index is 0.0864. The van der Waals surface area contributed by atoms with Crippen LogP contribution in [-0.2, 0) is 18.6 Å². The first-order valence-electron chi connectivity index (χ1n) is 9.09. The molecule has 25 heavy (non-hydrogen) atoms. The van der Waals surface area contributed by atoms with E-state index in [0.717, 1.165) is 0 Å². The second kappa shape index (κ2) is 7.66. The summed E-state index contributed by atoms with van der Waals surface area (Å²) in [6.45, 7) is 14.7. The van der Waals surface area contributed by atoms with Gasteiger partial charge in [-0.15, -0.1) is 0 Å². The van der Waals surface area contributed by atoms with Gasteiger partial charge in [-0.05, 0) is 38.1 Å². The Morgan fingerprint density at radius 2 is 1.76 bits per heavy atom. The molecule has 6 nitrogen and oxygen atoms in total. The molecule has 0 saturated carbocycles. The molecule has 2 aliphatic rings. The van der Waals surface area contributed by atoms with Crippen molar-refractivity contribution in [1.82, 2.24) is 0 Å². The predicted octanol–water partition coefficient (Wildman–Crippen LogP) is 2.55. The maximum Gasteiger partial charge on any atom is 0.193 e. The minimum Gasteiger partial charge on any atom is -0.496 e. The van der Waals surface area contributed by atoms with Crippen LogP contribution in [0.1, 0.15) is 41.0 Å². The van der Waals surface area contributed by atoms with Gasteiger partial charge in [0, 0.05) is 6.42 Å². The van der Waals surface area contributed by atoms with Crippen molar-refractivity contribution < 1.29 is 28.8 Å². The van der Waals surface area contributed by atoms with Gasteiger partial charge in [-0.1, -0.05) is 20.8 Å². The summed E-state index contributed by atoms with van der Waals surface area (Å²) >= 11 is 0. The van der Waals surface area contributed by atoms with Crippen LogP contribution in [0.2, 0.25) is 18.1 Å². The van der Waals surface area contributed by atoms with Crippen molar-refractivity contribution in [3.63, 3.8) is 0 Å². The van der Waals surface area contributed by atoms with Gasteiger partial charge in [0.05, 0.1) is 24.6 Å². The molecule has 7 atom stereocenters. The van der Waals surface area contributed by atoms with Gasteiger partial charge in [-0.2, -0.15) is 0 Å². The van der Waals surface area contributed by atoms with Gasteiger partial charge < -0.3 is 28.8 Å². The van der Waals surface area contributed by atoms with Crippen LogP contribution in [0.4, 0.5) is 0 Å². The Bertz CT molecular complexity index is 463. The summed E-state index contributed by atoms with van der Waals surface area (Å²) in [4.78, 5) is 0. The van der Waals surface area contributed by atoms with E-state index >= 15 is 0 Å². The predicted molar refractivity (Wildman–Crippen MR) is 97.6 cm³/mol. The first-order valence-corrected chi connectivity index (χ1v) is 12.0. The van der Waals surface area contributed by atoms with Crippen LogP contribution >= 0.6 is 0 Å². The van der Waals surface area contributed by atoms with Crippen molar-refractivity contribution in [3.05, 3.63) is 12.3 Å². The molecule has 7 heteroatoms. The van der Waals surface area contributed by atoms with Crippen molar-refractivity contribution in [2.75, 3.05) is 0 Å². The van der Waals surface area contributed by atoms with Crippen molar-refractivity contribution in [3.8, 4) is 0 Å². The summed E-state index contributed by atoms with van der Waals surface area (Å²) in [5.74, 6) is 0. The van der Waals surface area contributed by atoms with Crippen molar-refractivity contribution in [2.45, 2.75) is 102 Å². The maximum absolute atomic E-state index is 9.99. The Hall–Kier alpha value is -0.443. The van der Waals surface area contributed by atoms with E-state index < -0.39 is 32.9 Å². The highest BCUT2D eigenvalue weighted by atomic mass is 28.4. The second-order valence-corrected chi connectivity index (χ2v) is 13.4. The minimum atomic E-state index is -1.98. The lowest BCUT2D eigenvalue weighted by atomic mass is 10.0. The van der Waals surface area contributed by atoms with Gasteiger partial charge in [-0.3, -0.25) is 0 Å². The van der Waals surface area contributed by atoms with E-state index in [1.54, 1.807) is 13.2 Å². The summed E-state index contributed by atoms with van der Waals surface area (Å²) in [6, 6.07) is 0. The summed E-state index contributed by atoms with van der Waals surface area (Å²) in [5, 5.41) is 19.9. The van der Waals surface area contributed by atoms with Gasteiger partial charge in [0.15, 0.2) is 14.6 Å². The molecule has 146 valence electrons. The van der Waals surface area contributed by atoms with Crippen molar-refractivity contribution in [1.29, 1.82) is 0 Å². The average molecular weight is 375 g/mol. The van der Waals surface area contributed by atoms with Crippen LogP contribution in [0.5, 0.6) is 0 Å². The molecule has 2 aliphatic heterocycles. The van der Waals surface area contributed by atoms with E-state index in [0.29, 0.717) is 0 Å². The number of rotatable bonds is 4. The Labute approximate surface area is 152 Å². The van der Waals surface area contributed by atoms with Crippen molar-refractivity contribution in [2.24, 2.45) is 0 Å². The molecule has 0 aromatic rings. The Morgan fingerprint density at radius 3 is 2.32 bits per heavy atom. The van der Waals surface area contributed by atoms with Crippen molar-refractivity contribution >= 4 is 8.32 Å². The molecular formula is C18H34O6Si. The van der Waals surface area contributed by atoms with Gasteiger partial charge in [0.25, 0.3) is 0 Å². The lowest BCUT2D eigenvalue weighted by Crippen LogP contribution is -2.54. The third-order valence-corrected chi connectivity index (χ3v) is 10.0. The highest BCUT2D eigenvalue weighted by Crippen LogP contribution is 2.39. The fourth-order valence-corrected chi connectivity index (χ4v) is 4.05. The van der Waals surface area contributed by atoms with E-state index in [-0.39, 0.29) is 29.8 Å². The third kappa shape index (κ3) is 4.84. The van der Waals surface area contributed by atoms with E-state index in [4.69, 9.17) is 18.6 Å². The van der Waals surface area contributed by atoms with Gasteiger partial charge in [0.2, 0.25) is 0 Å². The van der Waals surface area contributed by atoms with Crippen LogP contribution < -0.4 is 0 Å². The fourth-order valence-electron chi connectivity index (χ4n) is 2.80. The van der Waals surface area contributed by atoms with E-state index in [1.807, 2.05) is 13.0 Å². The Kier molecular flexibility index (Phi) is 6.39. The number of aliphatic hydroxyl groups excluding tert-OH is 2. The summed E-state index contributed by atoms with van der Waals surface area (Å²) in [6.07, 6.45) is 0.210. The number of ether oxygens (including phenoxy) is 3. The molecule has 1 saturated heterocycles. The van der Waals surface area contributed by atoms with Crippen LogP contribution in [-0.4, -0.2) is 61.4 Å². The average Bonchev–Trinajstić information content (AvgIpc) is 2.47. The molecule has 0 radical (unpaired) electrons. The zero-order valence-electron chi connectivity index (χ0n) is 16.4. The molecule has 0 bridgehead atoms. The molecular weight excluding hydrogens is 340 g/mol. The van der Waals surface area contributed by atoms with Gasteiger partial charge in [-0.25, -0.2) is 0 Å². The standard InChI is InChI=1S/C18H34O6Si/c1-11-16(20)13(19)10-15(22-11)23-17-12(2)21-9-8-14(17)24-25(6,7)18(3,4)5/h8-9,11-17,19-20H,10H2,1-7H3/t11-,12-,13-,14-,15-,16+,17+/m0/s1. The van der Waals surface area contributed by atoms with Gasteiger partial charge in [0.1, 0.15) is 18.3 Å². The molecule has 0 aromatic carbocycles. The SMILES string of the molecule is C[C@@H]1O[C@@H](O[C@@H]2[C@H](C)OC=C[C@@H]2O[Si](C)(C)C(C)(C)C)C[C@H](O)[C@@H]1O. The zero-order chi connectivity index (χ0) is 19.0. The number of hydrogen-bond donors (Lipinski definition) is 2. The highest BCUT2D eigenvalue weighted by Gasteiger charge is 2.44. The van der Waals surface area contributed by atoms with E-state index in [1.165, 1.54) is 0 Å². The topological polar surface area (TPSA) is 77.4 Å². The van der Waals surface area contributed by atoms with Crippen LogP contribution in [0.15, 0.2) is 12.3 Å². The quantitative estimate of drug-likeness (QED) is 0.737. The fraction of sp³-hybridized carbons (Fsp3) is 0.889. The molecule has 0 aliphatic carbocycles. The molecule has 2 heterocycles. The van der Waals surface area contributed by atoms with Gasteiger partial charge >= 0.3 is 0 Å². The largest absolute Gasteiger partial charge is 0.496 e. The summed E-state index contributed by atoms with van der Waals surface area (Å²) in [7, 11) is -1.98. The van der Waals surface area contributed by atoms with Crippen LogP contribution in [0.25, 0.3) is 0 Å². The smallest absolute Gasteiger partial charge is 0.193 e. The molecule has 1 fully saturated rings. The Morgan fingerprint density at radius 1 is 1.12 bits per heavy atom. The lowest BCUT2D eigenvalue weighted by Gasteiger charge is -2.44. The molecule has 0 amide bonds. The first kappa shape index (κ1) is 20.9. The normalized spacial score (nSPS) is 40.0.